The van der Waals surface area contributed by atoms with E-state index < -0.39 is 34.8 Å². The molecule has 0 saturated heterocycles. The number of esters is 1. The number of hydrogen-bond donors (Lipinski definition) is 0. The Bertz CT molecular complexity index is 877. The Balaban J connectivity index is 1.66. The maximum atomic E-state index is 12.7. The van der Waals surface area contributed by atoms with Crippen LogP contribution in [0.25, 0.3) is 11.1 Å². The summed E-state index contributed by atoms with van der Waals surface area (Å²) in [6, 6.07) is 15.7. The van der Waals surface area contributed by atoms with E-state index in [-0.39, 0.29) is 6.61 Å². The summed E-state index contributed by atoms with van der Waals surface area (Å²) in [7, 11) is 0. The van der Waals surface area contributed by atoms with Gasteiger partial charge in [-0.2, -0.15) is 13.2 Å². The second kappa shape index (κ2) is 8.02. The van der Waals surface area contributed by atoms with E-state index in [1.54, 1.807) is 13.8 Å². The molecule has 3 atom stereocenters. The molecule has 2 aromatic rings. The van der Waals surface area contributed by atoms with Crippen LogP contribution in [0.1, 0.15) is 25.0 Å². The van der Waals surface area contributed by atoms with E-state index in [9.17, 15) is 18.0 Å². The SMILES string of the molecule is Cc1c(COC(=O)[C@H]2[C@@H]([CH]C(Cl)C(F)(F)F)C2(C)C)cccc1-c1ccccc1. The van der Waals surface area contributed by atoms with Gasteiger partial charge in [-0.1, -0.05) is 62.4 Å². The van der Waals surface area contributed by atoms with E-state index in [0.29, 0.717) is 0 Å². The van der Waals surface area contributed by atoms with Gasteiger partial charge < -0.3 is 4.74 Å². The number of alkyl halides is 4. The minimum Gasteiger partial charge on any atom is -0.461 e. The maximum absolute atomic E-state index is 12.7. The molecule has 3 rings (SSSR count). The molecular weight excluding hydrogens is 401 g/mol. The number of halogens is 4. The van der Waals surface area contributed by atoms with Crippen LogP contribution >= 0.6 is 11.6 Å². The molecule has 0 amide bonds. The van der Waals surface area contributed by atoms with Crippen LogP contribution in [0, 0.1) is 30.6 Å². The van der Waals surface area contributed by atoms with Crippen LogP contribution in [0.3, 0.4) is 0 Å². The zero-order chi connectivity index (χ0) is 21.4. The van der Waals surface area contributed by atoms with Crippen LogP contribution in [0.5, 0.6) is 0 Å². The second-order valence-electron chi connectivity index (χ2n) is 8.02. The number of carbonyl (C=O) groups is 1. The Morgan fingerprint density at radius 2 is 1.83 bits per heavy atom. The standard InChI is InChI=1S/C23H23ClF3O2/c1-14-16(10-7-11-17(14)15-8-5-4-6-9-15)13-29-21(28)20-18(22(20,2)3)12-19(24)23(25,26)27/h4-12,18-20H,13H2,1-3H3/t18-,19?,20-/m1/s1. The maximum Gasteiger partial charge on any atom is 0.405 e. The van der Waals surface area contributed by atoms with E-state index in [1.165, 1.54) is 0 Å². The Hall–Kier alpha value is -2.01. The fourth-order valence-corrected chi connectivity index (χ4v) is 3.94. The number of hydrogen-bond acceptors (Lipinski definition) is 2. The zero-order valence-electron chi connectivity index (χ0n) is 16.5. The number of ether oxygens (including phenoxy) is 1. The first-order chi connectivity index (χ1) is 13.5. The smallest absolute Gasteiger partial charge is 0.405 e. The van der Waals surface area contributed by atoms with Crippen molar-refractivity contribution in [2.45, 2.75) is 38.9 Å². The molecular formula is C23H23ClF3O2. The molecule has 6 heteroatoms. The van der Waals surface area contributed by atoms with Gasteiger partial charge in [-0.05, 0) is 46.9 Å². The Kier molecular flexibility index (Phi) is 6.00. The Morgan fingerprint density at radius 3 is 2.45 bits per heavy atom. The van der Waals surface area contributed by atoms with Gasteiger partial charge in [0.1, 0.15) is 12.0 Å². The van der Waals surface area contributed by atoms with Gasteiger partial charge in [-0.15, -0.1) is 11.6 Å². The number of rotatable bonds is 6. The lowest BCUT2D eigenvalue weighted by molar-refractivity contribution is -0.147. The Morgan fingerprint density at radius 1 is 1.17 bits per heavy atom. The van der Waals surface area contributed by atoms with Crippen LogP contribution in [-0.2, 0) is 16.1 Å². The van der Waals surface area contributed by atoms with Crippen molar-refractivity contribution in [3.05, 3.63) is 66.1 Å². The molecule has 1 aliphatic carbocycles. The first-order valence-corrected chi connectivity index (χ1v) is 9.83. The molecule has 0 bridgehead atoms. The van der Waals surface area contributed by atoms with Crippen molar-refractivity contribution in [1.29, 1.82) is 0 Å². The lowest BCUT2D eigenvalue weighted by atomic mass is 9.97. The lowest BCUT2D eigenvalue weighted by Gasteiger charge is -2.13. The highest BCUT2D eigenvalue weighted by atomic mass is 35.5. The molecule has 2 aromatic carbocycles. The van der Waals surface area contributed by atoms with Crippen LogP contribution in [0.2, 0.25) is 0 Å². The third-order valence-corrected chi connectivity index (χ3v) is 6.15. The van der Waals surface area contributed by atoms with E-state index in [4.69, 9.17) is 16.3 Å². The van der Waals surface area contributed by atoms with E-state index in [0.717, 1.165) is 28.7 Å². The average molecular weight is 424 g/mol. The molecule has 1 aliphatic rings. The van der Waals surface area contributed by atoms with Crippen LogP contribution in [-0.4, -0.2) is 17.5 Å². The lowest BCUT2D eigenvalue weighted by Crippen LogP contribution is -2.25. The summed E-state index contributed by atoms with van der Waals surface area (Å²) in [5, 5.41) is -2.07. The summed E-state index contributed by atoms with van der Waals surface area (Å²) in [6.45, 7) is 5.54. The third kappa shape index (κ3) is 4.61. The number of benzene rings is 2. The molecule has 0 N–H and O–H groups in total. The monoisotopic (exact) mass is 423 g/mol. The van der Waals surface area contributed by atoms with Crippen molar-refractivity contribution in [3.63, 3.8) is 0 Å². The van der Waals surface area contributed by atoms with Gasteiger partial charge in [-0.25, -0.2) is 0 Å². The Labute approximate surface area is 174 Å². The fourth-order valence-electron chi connectivity index (χ4n) is 3.79. The second-order valence-corrected chi connectivity index (χ2v) is 8.49. The summed E-state index contributed by atoms with van der Waals surface area (Å²) in [5.41, 5.74) is 3.38. The first-order valence-electron chi connectivity index (χ1n) is 9.40. The van der Waals surface area contributed by atoms with Crippen LogP contribution in [0.15, 0.2) is 48.5 Å². The highest BCUT2D eigenvalue weighted by Gasteiger charge is 2.64. The van der Waals surface area contributed by atoms with Gasteiger partial charge in [0.15, 0.2) is 0 Å². The topological polar surface area (TPSA) is 26.3 Å². The highest BCUT2D eigenvalue weighted by Crippen LogP contribution is 2.61. The number of carbonyl (C=O) groups excluding carboxylic acids is 1. The van der Waals surface area contributed by atoms with Crippen molar-refractivity contribution in [2.75, 3.05) is 0 Å². The molecule has 0 aliphatic heterocycles. The molecule has 0 aromatic heterocycles. The minimum absolute atomic E-state index is 0.0776. The predicted molar refractivity (Wildman–Crippen MR) is 107 cm³/mol. The molecule has 29 heavy (non-hydrogen) atoms. The molecule has 1 unspecified atom stereocenters. The minimum atomic E-state index is -4.52. The van der Waals surface area contributed by atoms with Crippen LogP contribution in [0.4, 0.5) is 13.2 Å². The summed E-state index contributed by atoms with van der Waals surface area (Å²) >= 11 is 5.43. The highest BCUT2D eigenvalue weighted by molar-refractivity contribution is 6.22. The quantitative estimate of drug-likeness (QED) is 0.399. The van der Waals surface area contributed by atoms with E-state index >= 15 is 0 Å². The van der Waals surface area contributed by atoms with Crippen molar-refractivity contribution in [3.8, 4) is 11.1 Å². The van der Waals surface area contributed by atoms with Crippen molar-refractivity contribution in [1.82, 2.24) is 0 Å². The predicted octanol–water partition coefficient (Wildman–Crippen LogP) is 6.35. The summed E-state index contributed by atoms with van der Waals surface area (Å²) in [5.74, 6) is -1.67. The van der Waals surface area contributed by atoms with Crippen molar-refractivity contribution >= 4 is 17.6 Å². The van der Waals surface area contributed by atoms with Gasteiger partial charge >= 0.3 is 12.1 Å². The molecule has 1 radical (unpaired) electrons. The van der Waals surface area contributed by atoms with Gasteiger partial charge in [-0.3, -0.25) is 4.79 Å². The normalized spacial score (nSPS) is 21.5. The average Bonchev–Trinajstić information content (AvgIpc) is 3.20. The van der Waals surface area contributed by atoms with Gasteiger partial charge in [0.25, 0.3) is 0 Å². The summed E-state index contributed by atoms with van der Waals surface area (Å²) in [6.07, 6.45) is -3.52. The third-order valence-electron chi connectivity index (χ3n) is 5.75. The van der Waals surface area contributed by atoms with Gasteiger partial charge in [0.2, 0.25) is 0 Å². The molecule has 2 nitrogen and oxygen atoms in total. The largest absolute Gasteiger partial charge is 0.461 e. The first kappa shape index (κ1) is 21.7. The molecule has 1 fully saturated rings. The summed E-state index contributed by atoms with van der Waals surface area (Å²) < 4.78 is 43.7. The van der Waals surface area contributed by atoms with Crippen LogP contribution < -0.4 is 0 Å². The fraction of sp³-hybridized carbons (Fsp3) is 0.391. The summed E-state index contributed by atoms with van der Waals surface area (Å²) in [4.78, 5) is 12.5. The van der Waals surface area contributed by atoms with Crippen molar-refractivity contribution in [2.24, 2.45) is 17.3 Å². The molecule has 1 saturated carbocycles. The zero-order valence-corrected chi connectivity index (χ0v) is 17.2. The van der Waals surface area contributed by atoms with Crippen molar-refractivity contribution < 1.29 is 22.7 Å². The van der Waals surface area contributed by atoms with Gasteiger partial charge in [0.05, 0.1) is 5.92 Å². The molecule has 0 spiro atoms. The van der Waals surface area contributed by atoms with Gasteiger partial charge in [0, 0.05) is 0 Å². The molecule has 155 valence electrons. The molecule has 0 heterocycles. The van der Waals surface area contributed by atoms with E-state index in [2.05, 4.69) is 0 Å². The van der Waals surface area contributed by atoms with E-state index in [1.807, 2.05) is 55.5 Å².